The first-order valence-corrected chi connectivity index (χ1v) is 10.6. The smallest absolute Gasteiger partial charge is 0.227 e. The molecule has 1 unspecified atom stereocenters. The van der Waals surface area contributed by atoms with E-state index in [4.69, 9.17) is 16.6 Å². The number of fused-ring (bicyclic) bond motifs is 1. The van der Waals surface area contributed by atoms with Gasteiger partial charge in [0.05, 0.1) is 12.7 Å². The molecule has 0 radical (unpaired) electrons. The molecule has 2 aliphatic rings. The predicted molar refractivity (Wildman–Crippen MR) is 122 cm³/mol. The van der Waals surface area contributed by atoms with Crippen molar-refractivity contribution in [2.24, 2.45) is 4.99 Å². The van der Waals surface area contributed by atoms with E-state index in [9.17, 15) is 0 Å². The summed E-state index contributed by atoms with van der Waals surface area (Å²) in [4.78, 5) is 15.8. The molecule has 3 heterocycles. The molecule has 0 saturated carbocycles. The Kier molecular flexibility index (Phi) is 5.34. The SMILES string of the molecule is Clc1cnc(N2CCCNC(c3ccccc3)C2)nc1Nc1ccc2c(c1)C=NC2. The van der Waals surface area contributed by atoms with Crippen molar-refractivity contribution in [1.29, 1.82) is 0 Å². The number of nitrogens with zero attached hydrogens (tertiary/aromatic N) is 4. The zero-order chi connectivity index (χ0) is 20.3. The summed E-state index contributed by atoms with van der Waals surface area (Å²) in [7, 11) is 0. The third kappa shape index (κ3) is 4.01. The second-order valence-corrected chi connectivity index (χ2v) is 8.00. The molecule has 1 saturated heterocycles. The Morgan fingerprint density at radius 3 is 2.93 bits per heavy atom. The van der Waals surface area contributed by atoms with E-state index >= 15 is 0 Å². The lowest BCUT2D eigenvalue weighted by Crippen LogP contribution is -2.32. The van der Waals surface area contributed by atoms with Crippen molar-refractivity contribution in [2.45, 2.75) is 19.0 Å². The summed E-state index contributed by atoms with van der Waals surface area (Å²) in [6, 6.07) is 17.0. The highest BCUT2D eigenvalue weighted by Gasteiger charge is 2.22. The van der Waals surface area contributed by atoms with Crippen LogP contribution in [0.5, 0.6) is 0 Å². The summed E-state index contributed by atoms with van der Waals surface area (Å²) in [6.07, 6.45) is 4.61. The highest BCUT2D eigenvalue weighted by atomic mass is 35.5. The van der Waals surface area contributed by atoms with Gasteiger partial charge >= 0.3 is 0 Å². The van der Waals surface area contributed by atoms with Crippen LogP contribution in [-0.4, -0.2) is 35.8 Å². The highest BCUT2D eigenvalue weighted by molar-refractivity contribution is 6.32. The molecular weight excluding hydrogens is 396 g/mol. The molecule has 2 N–H and O–H groups in total. The Balaban J connectivity index is 1.39. The molecule has 6 nitrogen and oxygen atoms in total. The zero-order valence-corrected chi connectivity index (χ0v) is 17.3. The van der Waals surface area contributed by atoms with E-state index in [0.717, 1.165) is 43.9 Å². The fourth-order valence-electron chi connectivity index (χ4n) is 3.93. The number of aliphatic imine (C=N–C) groups is 1. The molecule has 1 atom stereocenters. The van der Waals surface area contributed by atoms with E-state index in [1.54, 1.807) is 6.20 Å². The van der Waals surface area contributed by atoms with Crippen molar-refractivity contribution < 1.29 is 0 Å². The van der Waals surface area contributed by atoms with Gasteiger partial charge in [0.2, 0.25) is 5.95 Å². The van der Waals surface area contributed by atoms with Crippen molar-refractivity contribution in [1.82, 2.24) is 15.3 Å². The Hall–Kier alpha value is -2.96. The van der Waals surface area contributed by atoms with Crippen LogP contribution < -0.4 is 15.5 Å². The highest BCUT2D eigenvalue weighted by Crippen LogP contribution is 2.28. The standard InChI is InChI=1S/C23H23ClN6/c24-20-14-27-23(29-22(20)28-19-8-7-17-12-25-13-18(17)11-19)30-10-4-9-26-21(15-30)16-5-2-1-3-6-16/h1-3,5-8,11,13-14,21,26H,4,9-10,12,15H2,(H,27,28,29). The van der Waals surface area contributed by atoms with Crippen LogP contribution in [0.3, 0.4) is 0 Å². The van der Waals surface area contributed by atoms with Crippen molar-refractivity contribution in [3.8, 4) is 0 Å². The second-order valence-electron chi connectivity index (χ2n) is 7.59. The molecule has 1 aromatic heterocycles. The van der Waals surface area contributed by atoms with Gasteiger partial charge in [0.1, 0.15) is 5.02 Å². The van der Waals surface area contributed by atoms with E-state index in [-0.39, 0.29) is 6.04 Å². The van der Waals surface area contributed by atoms with Crippen molar-refractivity contribution >= 4 is 35.3 Å². The van der Waals surface area contributed by atoms with Gasteiger partial charge in [-0.1, -0.05) is 48.0 Å². The lowest BCUT2D eigenvalue weighted by Gasteiger charge is -2.25. The first-order chi connectivity index (χ1) is 14.8. The molecule has 1 fully saturated rings. The summed E-state index contributed by atoms with van der Waals surface area (Å²) in [6.45, 7) is 3.41. The topological polar surface area (TPSA) is 65.4 Å². The number of hydrogen-bond acceptors (Lipinski definition) is 6. The summed E-state index contributed by atoms with van der Waals surface area (Å²) in [5.41, 5.74) is 4.58. The average molecular weight is 419 g/mol. The van der Waals surface area contributed by atoms with E-state index in [1.807, 2.05) is 18.3 Å². The van der Waals surface area contributed by atoms with Gasteiger partial charge in [-0.2, -0.15) is 4.98 Å². The summed E-state index contributed by atoms with van der Waals surface area (Å²) in [5, 5.41) is 7.49. The van der Waals surface area contributed by atoms with Crippen LogP contribution in [-0.2, 0) is 6.54 Å². The Labute approximate surface area is 181 Å². The van der Waals surface area contributed by atoms with Crippen LogP contribution in [0.15, 0.2) is 59.7 Å². The number of anilines is 3. The first kappa shape index (κ1) is 19.0. The van der Waals surface area contributed by atoms with Gasteiger partial charge < -0.3 is 15.5 Å². The van der Waals surface area contributed by atoms with Crippen LogP contribution in [0, 0.1) is 0 Å². The maximum Gasteiger partial charge on any atom is 0.227 e. The molecular formula is C23H23ClN6. The number of aromatic nitrogens is 2. The fraction of sp³-hybridized carbons (Fsp3) is 0.261. The number of halogens is 1. The molecule has 5 rings (SSSR count). The van der Waals surface area contributed by atoms with Crippen LogP contribution in [0.25, 0.3) is 0 Å². The molecule has 2 aliphatic heterocycles. The minimum Gasteiger partial charge on any atom is -0.339 e. The largest absolute Gasteiger partial charge is 0.339 e. The molecule has 30 heavy (non-hydrogen) atoms. The van der Waals surface area contributed by atoms with Gasteiger partial charge in [0.15, 0.2) is 5.82 Å². The summed E-state index contributed by atoms with van der Waals surface area (Å²) < 4.78 is 0. The maximum atomic E-state index is 6.41. The van der Waals surface area contributed by atoms with Gasteiger partial charge in [-0.15, -0.1) is 0 Å². The van der Waals surface area contributed by atoms with Gasteiger partial charge in [0.25, 0.3) is 0 Å². The summed E-state index contributed by atoms with van der Waals surface area (Å²) >= 11 is 6.41. The third-order valence-corrected chi connectivity index (χ3v) is 5.79. The normalized spacial score (nSPS) is 18.2. The maximum absolute atomic E-state index is 6.41. The lowest BCUT2D eigenvalue weighted by atomic mass is 10.1. The molecule has 0 bridgehead atoms. The molecule has 0 spiro atoms. The number of benzene rings is 2. The predicted octanol–water partition coefficient (Wildman–Crippen LogP) is 4.35. The average Bonchev–Trinajstić information content (AvgIpc) is 3.10. The third-order valence-electron chi connectivity index (χ3n) is 5.52. The van der Waals surface area contributed by atoms with E-state index < -0.39 is 0 Å². The molecule has 3 aromatic rings. The minimum atomic E-state index is 0.236. The molecule has 152 valence electrons. The number of rotatable bonds is 4. The van der Waals surface area contributed by atoms with Gasteiger partial charge in [-0.05, 0) is 41.8 Å². The number of hydrogen-bond donors (Lipinski definition) is 2. The number of nitrogens with one attached hydrogen (secondary N) is 2. The second kappa shape index (κ2) is 8.42. The zero-order valence-electron chi connectivity index (χ0n) is 16.6. The van der Waals surface area contributed by atoms with E-state index in [1.165, 1.54) is 11.1 Å². The van der Waals surface area contributed by atoms with Crippen molar-refractivity contribution in [2.75, 3.05) is 29.9 Å². The van der Waals surface area contributed by atoms with Crippen LogP contribution in [0.1, 0.15) is 29.2 Å². The van der Waals surface area contributed by atoms with Crippen molar-refractivity contribution in [3.05, 3.63) is 76.4 Å². The van der Waals surface area contributed by atoms with E-state index in [0.29, 0.717) is 16.8 Å². The fourth-order valence-corrected chi connectivity index (χ4v) is 4.06. The Morgan fingerprint density at radius 2 is 2.03 bits per heavy atom. The van der Waals surface area contributed by atoms with Crippen molar-refractivity contribution in [3.63, 3.8) is 0 Å². The Morgan fingerprint density at radius 1 is 1.13 bits per heavy atom. The molecule has 0 amide bonds. The quantitative estimate of drug-likeness (QED) is 0.659. The monoisotopic (exact) mass is 418 g/mol. The van der Waals surface area contributed by atoms with Crippen LogP contribution in [0.4, 0.5) is 17.5 Å². The van der Waals surface area contributed by atoms with E-state index in [2.05, 4.69) is 61.9 Å². The van der Waals surface area contributed by atoms with Gasteiger partial charge in [-0.3, -0.25) is 4.99 Å². The molecule has 2 aromatic carbocycles. The van der Waals surface area contributed by atoms with Gasteiger partial charge in [-0.25, -0.2) is 4.98 Å². The van der Waals surface area contributed by atoms with Crippen LogP contribution >= 0.6 is 11.6 Å². The minimum absolute atomic E-state index is 0.236. The van der Waals surface area contributed by atoms with Crippen LogP contribution in [0.2, 0.25) is 5.02 Å². The van der Waals surface area contributed by atoms with Gasteiger partial charge in [0, 0.05) is 31.0 Å². The first-order valence-electron chi connectivity index (χ1n) is 10.2. The molecule has 0 aliphatic carbocycles. The molecule has 7 heteroatoms. The Bertz CT molecular complexity index is 1070. The summed E-state index contributed by atoms with van der Waals surface area (Å²) in [5.74, 6) is 1.30. The lowest BCUT2D eigenvalue weighted by molar-refractivity contribution is 0.568.